The number of nitrogens with one attached hydrogen (secondary N) is 1. The molecule has 2 heterocycles. The number of allylic oxidation sites excluding steroid dienone is 1. The molecule has 0 bridgehead atoms. The topological polar surface area (TPSA) is 47.3 Å². The van der Waals surface area contributed by atoms with Crippen molar-refractivity contribution >= 4 is 22.3 Å². The minimum absolute atomic E-state index is 0.683. The van der Waals surface area contributed by atoms with E-state index in [4.69, 9.17) is 9.47 Å². The molecule has 1 aromatic carbocycles. The number of aromatic nitrogens is 2. The Hall–Kier alpha value is -2.86. The first-order valence-electron chi connectivity index (χ1n) is 7.79. The third-order valence-corrected chi connectivity index (χ3v) is 4.60. The van der Waals surface area contributed by atoms with Gasteiger partial charge in [-0.25, -0.2) is 14.9 Å². The van der Waals surface area contributed by atoms with E-state index in [1.54, 1.807) is 31.8 Å². The molecule has 2 aromatic heterocycles. The fourth-order valence-corrected chi connectivity index (χ4v) is 3.47. The number of thiazole rings is 1. The average Bonchev–Trinajstić information content (AvgIpc) is 3.04. The largest absolute Gasteiger partial charge is 0.493 e. The van der Waals surface area contributed by atoms with Gasteiger partial charge in [0.2, 0.25) is 5.82 Å². The average molecular weight is 354 g/mol. The van der Waals surface area contributed by atoms with Crippen LogP contribution in [0.25, 0.3) is 11.3 Å². The van der Waals surface area contributed by atoms with Crippen LogP contribution in [-0.2, 0) is 6.54 Å². The maximum absolute atomic E-state index is 5.42. The summed E-state index contributed by atoms with van der Waals surface area (Å²) in [5.74, 6) is 2.22. The van der Waals surface area contributed by atoms with Crippen molar-refractivity contribution in [3.05, 3.63) is 60.6 Å². The molecular formula is C19H20N3O2S+. The second kappa shape index (κ2) is 7.81. The van der Waals surface area contributed by atoms with Crippen molar-refractivity contribution in [2.45, 2.75) is 6.54 Å². The summed E-state index contributed by atoms with van der Waals surface area (Å²) in [7, 11) is 3.27. The predicted octanol–water partition coefficient (Wildman–Crippen LogP) is 4.04. The number of ether oxygens (including phenoxy) is 2. The van der Waals surface area contributed by atoms with Gasteiger partial charge in [0.15, 0.2) is 11.5 Å². The van der Waals surface area contributed by atoms with E-state index in [-0.39, 0.29) is 0 Å². The fraction of sp³-hybridized carbons (Fsp3) is 0.158. The highest BCUT2D eigenvalue weighted by Gasteiger charge is 2.20. The van der Waals surface area contributed by atoms with E-state index in [0.717, 1.165) is 22.2 Å². The molecule has 0 atom stereocenters. The van der Waals surface area contributed by atoms with Gasteiger partial charge in [0.1, 0.15) is 12.2 Å². The number of benzene rings is 1. The number of nitrogens with zero attached hydrogens (tertiary/aromatic N) is 2. The third-order valence-electron chi connectivity index (χ3n) is 3.71. The van der Waals surface area contributed by atoms with Gasteiger partial charge in [0.05, 0.1) is 14.2 Å². The first-order chi connectivity index (χ1) is 12.3. The van der Waals surface area contributed by atoms with Crippen LogP contribution in [0.2, 0.25) is 0 Å². The number of hydrogen-bond donors (Lipinski definition) is 1. The van der Waals surface area contributed by atoms with Gasteiger partial charge in [0, 0.05) is 23.2 Å². The van der Waals surface area contributed by atoms with Crippen LogP contribution < -0.4 is 19.4 Å². The molecule has 5 nitrogen and oxygen atoms in total. The first-order valence-corrected chi connectivity index (χ1v) is 8.67. The molecule has 1 N–H and O–H groups in total. The van der Waals surface area contributed by atoms with E-state index < -0.39 is 0 Å². The smallest absolute Gasteiger partial charge is 0.340 e. The number of hydrogen-bond acceptors (Lipinski definition) is 5. The molecule has 0 spiro atoms. The van der Waals surface area contributed by atoms with E-state index in [1.807, 2.05) is 42.5 Å². The van der Waals surface area contributed by atoms with Crippen molar-refractivity contribution in [2.24, 2.45) is 0 Å². The molecule has 0 aliphatic carbocycles. The number of pyridine rings is 1. The van der Waals surface area contributed by atoms with Gasteiger partial charge in [-0.05, 0) is 24.3 Å². The highest BCUT2D eigenvalue weighted by atomic mass is 32.1. The van der Waals surface area contributed by atoms with E-state index in [0.29, 0.717) is 18.0 Å². The Morgan fingerprint density at radius 1 is 1.20 bits per heavy atom. The van der Waals surface area contributed by atoms with Gasteiger partial charge in [-0.1, -0.05) is 30.1 Å². The van der Waals surface area contributed by atoms with Gasteiger partial charge < -0.3 is 9.47 Å². The lowest BCUT2D eigenvalue weighted by Crippen LogP contribution is -2.35. The summed E-state index contributed by atoms with van der Waals surface area (Å²) >= 11 is 1.62. The highest BCUT2D eigenvalue weighted by molar-refractivity contribution is 7.13. The first kappa shape index (κ1) is 17.0. The minimum Gasteiger partial charge on any atom is -0.493 e. The van der Waals surface area contributed by atoms with Crippen LogP contribution in [0.4, 0.5) is 10.9 Å². The van der Waals surface area contributed by atoms with Crippen molar-refractivity contribution < 1.29 is 14.0 Å². The lowest BCUT2D eigenvalue weighted by atomic mass is 10.1. The zero-order valence-electron chi connectivity index (χ0n) is 14.2. The van der Waals surface area contributed by atoms with Crippen LogP contribution in [-0.4, -0.2) is 19.2 Å². The maximum atomic E-state index is 5.42. The molecule has 0 aliphatic rings. The second-order valence-corrected chi connectivity index (χ2v) is 6.09. The molecule has 0 unspecified atom stereocenters. The molecule has 0 amide bonds. The van der Waals surface area contributed by atoms with Crippen LogP contribution in [0.3, 0.4) is 0 Å². The van der Waals surface area contributed by atoms with Crippen molar-refractivity contribution in [3.8, 4) is 22.8 Å². The monoisotopic (exact) mass is 354 g/mol. The Bertz CT molecular complexity index is 862. The van der Waals surface area contributed by atoms with E-state index in [1.165, 1.54) is 0 Å². The number of anilines is 2. The highest BCUT2D eigenvalue weighted by Crippen LogP contribution is 2.33. The van der Waals surface area contributed by atoms with Gasteiger partial charge >= 0.3 is 5.13 Å². The van der Waals surface area contributed by atoms with Crippen molar-refractivity contribution in [1.29, 1.82) is 0 Å². The molecule has 0 aliphatic heterocycles. The molecule has 3 aromatic rings. The molecular weight excluding hydrogens is 334 g/mol. The van der Waals surface area contributed by atoms with Crippen molar-refractivity contribution in [3.63, 3.8) is 0 Å². The second-order valence-electron chi connectivity index (χ2n) is 5.24. The van der Waals surface area contributed by atoms with Gasteiger partial charge in [-0.15, -0.1) is 0 Å². The van der Waals surface area contributed by atoms with Crippen LogP contribution in [0, 0.1) is 0 Å². The normalized spacial score (nSPS) is 10.3. The predicted molar refractivity (Wildman–Crippen MR) is 101 cm³/mol. The lowest BCUT2D eigenvalue weighted by molar-refractivity contribution is -0.657. The van der Waals surface area contributed by atoms with Crippen molar-refractivity contribution in [1.82, 2.24) is 4.98 Å². The fourth-order valence-electron chi connectivity index (χ4n) is 2.52. The van der Waals surface area contributed by atoms with Crippen LogP contribution in [0.1, 0.15) is 0 Å². The quantitative estimate of drug-likeness (QED) is 0.514. The molecule has 0 radical (unpaired) electrons. The Morgan fingerprint density at radius 2 is 2.04 bits per heavy atom. The SMILES string of the molecule is C=CC[n+]1c(-c2ccc(OC)c(OC)c2)csc1Nc1ccccn1. The molecule has 0 fully saturated rings. The van der Waals surface area contributed by atoms with E-state index >= 15 is 0 Å². The summed E-state index contributed by atoms with van der Waals surface area (Å²) in [5.41, 5.74) is 2.12. The molecule has 6 heteroatoms. The Balaban J connectivity index is 2.00. The van der Waals surface area contributed by atoms with Gasteiger partial charge in [-0.2, -0.15) is 0 Å². The summed E-state index contributed by atoms with van der Waals surface area (Å²) in [6.07, 6.45) is 3.64. The zero-order valence-corrected chi connectivity index (χ0v) is 15.0. The standard InChI is InChI=1S/C19H19N3O2S/c1-4-11-22-15(14-8-9-16(23-2)17(12-14)24-3)13-25-19(22)21-18-7-5-6-10-20-18/h4-10,12-13H,1,11H2,2-3H3/p+1. The summed E-state index contributed by atoms with van der Waals surface area (Å²) in [6, 6.07) is 11.7. The van der Waals surface area contributed by atoms with Crippen LogP contribution in [0.15, 0.2) is 60.6 Å². The van der Waals surface area contributed by atoms with Crippen LogP contribution >= 0.6 is 11.3 Å². The van der Waals surface area contributed by atoms with E-state index in [9.17, 15) is 0 Å². The summed E-state index contributed by atoms with van der Waals surface area (Å²) in [4.78, 5) is 4.33. The number of rotatable bonds is 7. The van der Waals surface area contributed by atoms with Crippen LogP contribution in [0.5, 0.6) is 11.5 Å². The third kappa shape index (κ3) is 3.64. The summed E-state index contributed by atoms with van der Waals surface area (Å²) in [6.45, 7) is 4.56. The number of methoxy groups -OCH3 is 2. The summed E-state index contributed by atoms with van der Waals surface area (Å²) in [5, 5.41) is 6.46. The lowest BCUT2D eigenvalue weighted by Gasteiger charge is -2.09. The Labute approximate surface area is 151 Å². The minimum atomic E-state index is 0.683. The van der Waals surface area contributed by atoms with Crippen molar-refractivity contribution in [2.75, 3.05) is 19.5 Å². The molecule has 0 saturated carbocycles. The molecule has 128 valence electrons. The molecule has 0 saturated heterocycles. The molecule has 3 rings (SSSR count). The Kier molecular flexibility index (Phi) is 5.30. The van der Waals surface area contributed by atoms with E-state index in [2.05, 4.69) is 26.8 Å². The molecule has 25 heavy (non-hydrogen) atoms. The zero-order chi connectivity index (χ0) is 17.6. The van der Waals surface area contributed by atoms with Gasteiger partial charge in [-0.3, -0.25) is 0 Å². The summed E-state index contributed by atoms with van der Waals surface area (Å²) < 4.78 is 12.9. The Morgan fingerprint density at radius 3 is 2.72 bits per heavy atom. The maximum Gasteiger partial charge on any atom is 0.340 e. The van der Waals surface area contributed by atoms with Gasteiger partial charge in [0.25, 0.3) is 0 Å².